The Hall–Kier alpha value is -0.670. The molecule has 0 N–H and O–H groups in total. The number of rotatable bonds is 3. The van der Waals surface area contributed by atoms with Crippen molar-refractivity contribution in [3.63, 3.8) is 0 Å². The second-order valence-corrected chi connectivity index (χ2v) is 3.14. The van der Waals surface area contributed by atoms with Crippen LogP contribution in [0.2, 0.25) is 0 Å². The van der Waals surface area contributed by atoms with Crippen molar-refractivity contribution < 1.29 is 13.6 Å². The first-order chi connectivity index (χ1) is 6.65. The summed E-state index contributed by atoms with van der Waals surface area (Å²) in [6.07, 6.45) is -0.999. The lowest BCUT2D eigenvalue weighted by atomic mass is 10.0. The Labute approximate surface area is 84.3 Å². The van der Waals surface area contributed by atoms with Crippen LogP contribution in [-0.2, 0) is 4.79 Å². The number of amides is 1. The van der Waals surface area contributed by atoms with Crippen molar-refractivity contribution in [1.82, 2.24) is 4.90 Å². The van der Waals surface area contributed by atoms with Gasteiger partial charge in [0.05, 0.1) is 5.92 Å². The number of alkyl halides is 2. The van der Waals surface area contributed by atoms with Gasteiger partial charge in [0.1, 0.15) is 0 Å². The Morgan fingerprint density at radius 3 is 2.29 bits per heavy atom. The minimum absolute atomic E-state index is 0.00870. The highest BCUT2D eigenvalue weighted by Crippen LogP contribution is 2.22. The molecular formula is C10H19F2NO. The van der Waals surface area contributed by atoms with Crippen LogP contribution < -0.4 is 0 Å². The molecule has 0 bridgehead atoms. The van der Waals surface area contributed by atoms with E-state index in [1.54, 1.807) is 0 Å². The van der Waals surface area contributed by atoms with Crippen molar-refractivity contribution in [3.05, 3.63) is 0 Å². The predicted octanol–water partition coefficient (Wildman–Crippen LogP) is 2.54. The van der Waals surface area contributed by atoms with Crippen LogP contribution in [0.3, 0.4) is 0 Å². The van der Waals surface area contributed by atoms with Crippen LogP contribution in [0.5, 0.6) is 0 Å². The molecule has 2 nitrogen and oxygen atoms in total. The van der Waals surface area contributed by atoms with Gasteiger partial charge < -0.3 is 4.90 Å². The van der Waals surface area contributed by atoms with Gasteiger partial charge in [-0.25, -0.2) is 8.78 Å². The zero-order valence-corrected chi connectivity index (χ0v) is 9.09. The summed E-state index contributed by atoms with van der Waals surface area (Å²) in [6, 6.07) is 0. The van der Waals surface area contributed by atoms with Gasteiger partial charge in [0.25, 0.3) is 0 Å². The Balaban J connectivity index is 0.000000791. The van der Waals surface area contributed by atoms with Crippen molar-refractivity contribution in [1.29, 1.82) is 0 Å². The van der Waals surface area contributed by atoms with Gasteiger partial charge in [0, 0.05) is 19.5 Å². The molecule has 0 aromatic rings. The van der Waals surface area contributed by atoms with Crippen molar-refractivity contribution in [2.45, 2.75) is 40.0 Å². The Kier molecular flexibility index (Phi) is 6.41. The summed E-state index contributed by atoms with van der Waals surface area (Å²) >= 11 is 0. The van der Waals surface area contributed by atoms with E-state index in [1.807, 2.05) is 20.8 Å². The highest BCUT2D eigenvalue weighted by molar-refractivity contribution is 5.76. The van der Waals surface area contributed by atoms with E-state index in [0.717, 1.165) is 6.42 Å². The van der Waals surface area contributed by atoms with Gasteiger partial charge in [-0.3, -0.25) is 4.79 Å². The molecule has 4 heteroatoms. The maximum atomic E-state index is 12.0. The molecule has 0 saturated carbocycles. The maximum absolute atomic E-state index is 12.0. The van der Waals surface area contributed by atoms with Gasteiger partial charge in [0.2, 0.25) is 12.3 Å². The third-order valence-corrected chi connectivity index (χ3v) is 2.08. The highest BCUT2D eigenvalue weighted by atomic mass is 19.3. The first-order valence-corrected chi connectivity index (χ1v) is 5.21. The summed E-state index contributed by atoms with van der Waals surface area (Å²) in [5, 5.41) is 0. The monoisotopic (exact) mass is 207 g/mol. The van der Waals surface area contributed by atoms with Crippen molar-refractivity contribution in [2.24, 2.45) is 5.92 Å². The summed E-state index contributed by atoms with van der Waals surface area (Å²) in [6.45, 7) is 6.40. The maximum Gasteiger partial charge on any atom is 0.244 e. The normalized spacial score (nSPS) is 16.0. The zero-order chi connectivity index (χ0) is 11.1. The fraction of sp³-hybridized carbons (Fsp3) is 0.900. The number of hydrogen-bond donors (Lipinski definition) is 0. The lowest BCUT2D eigenvalue weighted by Gasteiger charge is -2.38. The van der Waals surface area contributed by atoms with Crippen LogP contribution in [0, 0.1) is 5.92 Å². The minimum Gasteiger partial charge on any atom is -0.342 e. The number of nitrogens with zero attached hydrogens (tertiary/aromatic N) is 1. The molecule has 1 saturated heterocycles. The summed E-state index contributed by atoms with van der Waals surface area (Å²) in [5.74, 6) is -0.569. The number of carbonyl (C=O) groups excluding carboxylic acids is 1. The standard InChI is InChI=1S/C8H13F2NO.C2H6/c1-2-3-7(12)11-4-6(5-11)8(9)10;1-2/h6,8H,2-5H2,1H3;1-2H3. The molecule has 14 heavy (non-hydrogen) atoms. The molecule has 1 aliphatic heterocycles. The molecule has 1 rings (SSSR count). The van der Waals surface area contributed by atoms with Gasteiger partial charge in [-0.15, -0.1) is 0 Å². The van der Waals surface area contributed by atoms with Crippen molar-refractivity contribution in [3.8, 4) is 0 Å². The second-order valence-electron chi connectivity index (χ2n) is 3.14. The summed E-state index contributed by atoms with van der Waals surface area (Å²) in [5.41, 5.74) is 0. The number of hydrogen-bond acceptors (Lipinski definition) is 1. The fourth-order valence-corrected chi connectivity index (χ4v) is 1.25. The predicted molar refractivity (Wildman–Crippen MR) is 52.3 cm³/mol. The number of carbonyl (C=O) groups is 1. The van der Waals surface area contributed by atoms with E-state index in [9.17, 15) is 13.6 Å². The van der Waals surface area contributed by atoms with E-state index in [-0.39, 0.29) is 19.0 Å². The van der Waals surface area contributed by atoms with Crippen LogP contribution in [0.4, 0.5) is 8.78 Å². The molecular weight excluding hydrogens is 188 g/mol. The fourth-order valence-electron chi connectivity index (χ4n) is 1.25. The lowest BCUT2D eigenvalue weighted by molar-refractivity contribution is -0.141. The molecule has 0 aliphatic carbocycles. The second kappa shape index (κ2) is 6.74. The van der Waals surface area contributed by atoms with Gasteiger partial charge in [-0.05, 0) is 6.42 Å². The first-order valence-electron chi connectivity index (χ1n) is 5.21. The van der Waals surface area contributed by atoms with E-state index in [0.29, 0.717) is 6.42 Å². The van der Waals surface area contributed by atoms with Crippen LogP contribution in [0.25, 0.3) is 0 Å². The van der Waals surface area contributed by atoms with Gasteiger partial charge in [-0.1, -0.05) is 20.8 Å². The number of likely N-dealkylation sites (tertiary alicyclic amines) is 1. The quantitative estimate of drug-likeness (QED) is 0.696. The van der Waals surface area contributed by atoms with E-state index in [4.69, 9.17) is 0 Å². The van der Waals surface area contributed by atoms with Gasteiger partial charge in [0.15, 0.2) is 0 Å². The third kappa shape index (κ3) is 3.60. The van der Waals surface area contributed by atoms with Crippen LogP contribution in [0.1, 0.15) is 33.6 Å². The smallest absolute Gasteiger partial charge is 0.244 e. The summed E-state index contributed by atoms with van der Waals surface area (Å²) < 4.78 is 23.9. The van der Waals surface area contributed by atoms with E-state index in [2.05, 4.69) is 0 Å². The van der Waals surface area contributed by atoms with E-state index >= 15 is 0 Å². The van der Waals surface area contributed by atoms with Crippen LogP contribution in [-0.4, -0.2) is 30.3 Å². The molecule has 0 aromatic carbocycles. The van der Waals surface area contributed by atoms with Gasteiger partial charge >= 0.3 is 0 Å². The molecule has 1 amide bonds. The SMILES string of the molecule is CC.CCCC(=O)N1CC(C(F)F)C1. The molecule has 0 spiro atoms. The van der Waals surface area contributed by atoms with Crippen molar-refractivity contribution >= 4 is 5.91 Å². The molecule has 0 aromatic heterocycles. The topological polar surface area (TPSA) is 20.3 Å². The average Bonchev–Trinajstić information content (AvgIpc) is 2.04. The Morgan fingerprint density at radius 2 is 1.93 bits per heavy atom. The third-order valence-electron chi connectivity index (χ3n) is 2.08. The molecule has 0 unspecified atom stereocenters. The Morgan fingerprint density at radius 1 is 1.43 bits per heavy atom. The molecule has 1 aliphatic rings. The molecule has 0 atom stereocenters. The zero-order valence-electron chi connectivity index (χ0n) is 9.09. The lowest BCUT2D eigenvalue weighted by Crippen LogP contribution is -2.52. The number of halogens is 2. The van der Waals surface area contributed by atoms with Gasteiger partial charge in [-0.2, -0.15) is 0 Å². The van der Waals surface area contributed by atoms with Crippen LogP contribution in [0.15, 0.2) is 0 Å². The van der Waals surface area contributed by atoms with E-state index < -0.39 is 12.3 Å². The minimum atomic E-state index is -2.27. The highest BCUT2D eigenvalue weighted by Gasteiger charge is 2.35. The molecule has 84 valence electrons. The summed E-state index contributed by atoms with van der Waals surface area (Å²) in [4.78, 5) is 12.6. The van der Waals surface area contributed by atoms with Crippen LogP contribution >= 0.6 is 0 Å². The van der Waals surface area contributed by atoms with Crippen molar-refractivity contribution in [2.75, 3.05) is 13.1 Å². The average molecular weight is 207 g/mol. The molecule has 0 radical (unpaired) electrons. The molecule has 1 fully saturated rings. The first kappa shape index (κ1) is 13.3. The van der Waals surface area contributed by atoms with E-state index in [1.165, 1.54) is 4.90 Å². The largest absolute Gasteiger partial charge is 0.342 e. The Bertz CT molecular complexity index is 168. The molecule has 1 heterocycles. The summed E-state index contributed by atoms with van der Waals surface area (Å²) in [7, 11) is 0.